The standard InChI is InChI=1S/C14H19ClN2O3/c1-8(2)7-9(3)16-14(20)17-11-6-4-5-10(15)12(11)13(18)19/h4-6,8-9H,7H2,1-3H3,(H,18,19)(H2,16,17,20). The summed E-state index contributed by atoms with van der Waals surface area (Å²) in [4.78, 5) is 23.0. The van der Waals surface area contributed by atoms with Gasteiger partial charge < -0.3 is 15.7 Å². The molecule has 0 aliphatic rings. The lowest BCUT2D eigenvalue weighted by molar-refractivity contribution is 0.0698. The third-order valence-electron chi connectivity index (χ3n) is 2.68. The van der Waals surface area contributed by atoms with Crippen molar-refractivity contribution in [3.8, 4) is 0 Å². The summed E-state index contributed by atoms with van der Waals surface area (Å²) in [5, 5.41) is 14.5. The van der Waals surface area contributed by atoms with Gasteiger partial charge in [-0.2, -0.15) is 0 Å². The molecule has 0 aliphatic carbocycles. The maximum Gasteiger partial charge on any atom is 0.339 e. The fourth-order valence-electron chi connectivity index (χ4n) is 1.99. The molecule has 0 radical (unpaired) electrons. The quantitative estimate of drug-likeness (QED) is 0.777. The Bertz CT molecular complexity index is 503. The number of nitrogens with one attached hydrogen (secondary N) is 2. The Kier molecular flexibility index (Phi) is 5.82. The molecule has 0 fully saturated rings. The Morgan fingerprint density at radius 1 is 1.30 bits per heavy atom. The van der Waals surface area contributed by atoms with Gasteiger partial charge in [-0.15, -0.1) is 0 Å². The summed E-state index contributed by atoms with van der Waals surface area (Å²) in [7, 11) is 0. The molecule has 1 atom stereocenters. The van der Waals surface area contributed by atoms with E-state index in [9.17, 15) is 9.59 Å². The van der Waals surface area contributed by atoms with Crippen LogP contribution in [0.5, 0.6) is 0 Å². The van der Waals surface area contributed by atoms with Crippen LogP contribution in [0.3, 0.4) is 0 Å². The summed E-state index contributed by atoms with van der Waals surface area (Å²) < 4.78 is 0. The van der Waals surface area contributed by atoms with Gasteiger partial charge in [0.15, 0.2) is 0 Å². The number of rotatable bonds is 5. The maximum absolute atomic E-state index is 11.8. The van der Waals surface area contributed by atoms with Gasteiger partial charge in [-0.05, 0) is 31.4 Å². The second-order valence-electron chi connectivity index (χ2n) is 5.10. The molecule has 110 valence electrons. The zero-order chi connectivity index (χ0) is 15.3. The molecule has 0 spiro atoms. The molecule has 3 N–H and O–H groups in total. The lowest BCUT2D eigenvalue weighted by atomic mass is 10.1. The van der Waals surface area contributed by atoms with Gasteiger partial charge in [0.25, 0.3) is 0 Å². The van der Waals surface area contributed by atoms with E-state index in [0.717, 1.165) is 6.42 Å². The van der Waals surface area contributed by atoms with E-state index in [0.29, 0.717) is 5.92 Å². The molecule has 6 heteroatoms. The number of amides is 2. The minimum absolute atomic E-state index is 0.00228. The predicted octanol–water partition coefficient (Wildman–Crippen LogP) is 3.59. The Morgan fingerprint density at radius 2 is 1.95 bits per heavy atom. The van der Waals surface area contributed by atoms with Crippen molar-refractivity contribution < 1.29 is 14.7 Å². The van der Waals surface area contributed by atoms with Crippen molar-refractivity contribution in [1.29, 1.82) is 0 Å². The smallest absolute Gasteiger partial charge is 0.339 e. The number of benzene rings is 1. The fourth-order valence-corrected chi connectivity index (χ4v) is 2.25. The van der Waals surface area contributed by atoms with Crippen LogP contribution in [0.2, 0.25) is 5.02 Å². The van der Waals surface area contributed by atoms with E-state index < -0.39 is 12.0 Å². The number of carbonyl (C=O) groups is 2. The number of carbonyl (C=O) groups excluding carboxylic acids is 1. The summed E-state index contributed by atoms with van der Waals surface area (Å²) in [5.41, 5.74) is 0.0695. The predicted molar refractivity (Wildman–Crippen MR) is 79.5 cm³/mol. The largest absolute Gasteiger partial charge is 0.478 e. The monoisotopic (exact) mass is 298 g/mol. The normalized spacial score (nSPS) is 12.1. The Morgan fingerprint density at radius 3 is 2.50 bits per heavy atom. The molecule has 0 aliphatic heterocycles. The van der Waals surface area contributed by atoms with Crippen LogP contribution in [0.25, 0.3) is 0 Å². The molecule has 0 saturated heterocycles. The van der Waals surface area contributed by atoms with Crippen molar-refractivity contribution in [2.24, 2.45) is 5.92 Å². The maximum atomic E-state index is 11.8. The number of carboxylic acids is 1. The first-order chi connectivity index (χ1) is 9.31. The molecule has 0 aromatic heterocycles. The third kappa shape index (κ3) is 4.74. The molecule has 1 rings (SSSR count). The SMILES string of the molecule is CC(C)CC(C)NC(=O)Nc1cccc(Cl)c1C(=O)O. The van der Waals surface area contributed by atoms with Gasteiger partial charge in [-0.3, -0.25) is 0 Å². The number of carboxylic acid groups (broad SMARTS) is 1. The average molecular weight is 299 g/mol. The highest BCUT2D eigenvalue weighted by molar-refractivity contribution is 6.34. The van der Waals surface area contributed by atoms with Crippen LogP contribution in [0, 0.1) is 5.92 Å². The first-order valence-corrected chi connectivity index (χ1v) is 6.78. The number of urea groups is 1. The van der Waals surface area contributed by atoms with Crippen LogP contribution < -0.4 is 10.6 Å². The molecular weight excluding hydrogens is 280 g/mol. The molecule has 0 saturated carbocycles. The van der Waals surface area contributed by atoms with Gasteiger partial charge >= 0.3 is 12.0 Å². The molecule has 2 amide bonds. The van der Waals surface area contributed by atoms with E-state index in [2.05, 4.69) is 24.5 Å². The third-order valence-corrected chi connectivity index (χ3v) is 2.99. The van der Waals surface area contributed by atoms with E-state index in [1.807, 2.05) is 6.92 Å². The minimum Gasteiger partial charge on any atom is -0.478 e. The Labute approximate surface area is 123 Å². The van der Waals surface area contributed by atoms with Crippen molar-refractivity contribution in [1.82, 2.24) is 5.32 Å². The Hall–Kier alpha value is -1.75. The summed E-state index contributed by atoms with van der Waals surface area (Å²) in [6.07, 6.45) is 0.842. The number of hydrogen-bond donors (Lipinski definition) is 3. The lowest BCUT2D eigenvalue weighted by Gasteiger charge is -2.17. The van der Waals surface area contributed by atoms with Crippen molar-refractivity contribution in [2.75, 3.05) is 5.32 Å². The molecular formula is C14H19ClN2O3. The zero-order valence-corrected chi connectivity index (χ0v) is 12.5. The van der Waals surface area contributed by atoms with E-state index >= 15 is 0 Å². The molecule has 1 unspecified atom stereocenters. The first-order valence-electron chi connectivity index (χ1n) is 6.40. The van der Waals surface area contributed by atoms with Gasteiger partial charge in [0.05, 0.1) is 10.7 Å². The van der Waals surface area contributed by atoms with Gasteiger partial charge in [0.1, 0.15) is 5.56 Å². The summed E-state index contributed by atoms with van der Waals surface area (Å²) in [6.45, 7) is 6.03. The summed E-state index contributed by atoms with van der Waals surface area (Å²) in [5.74, 6) is -0.716. The van der Waals surface area contributed by atoms with Crippen LogP contribution >= 0.6 is 11.6 Å². The second-order valence-corrected chi connectivity index (χ2v) is 5.50. The van der Waals surface area contributed by atoms with Crippen LogP contribution in [0.15, 0.2) is 18.2 Å². The fraction of sp³-hybridized carbons (Fsp3) is 0.429. The number of anilines is 1. The lowest BCUT2D eigenvalue weighted by Crippen LogP contribution is -2.37. The zero-order valence-electron chi connectivity index (χ0n) is 11.7. The van der Waals surface area contributed by atoms with E-state index in [1.54, 1.807) is 6.07 Å². The van der Waals surface area contributed by atoms with Crippen LogP contribution in [0.1, 0.15) is 37.6 Å². The van der Waals surface area contributed by atoms with Gasteiger partial charge in [0.2, 0.25) is 0 Å². The van der Waals surface area contributed by atoms with Gasteiger partial charge in [0, 0.05) is 6.04 Å². The van der Waals surface area contributed by atoms with E-state index in [4.69, 9.17) is 16.7 Å². The Balaban J connectivity index is 2.76. The highest BCUT2D eigenvalue weighted by Gasteiger charge is 2.17. The average Bonchev–Trinajstić information content (AvgIpc) is 2.26. The molecule has 1 aromatic carbocycles. The van der Waals surface area contributed by atoms with Crippen molar-refractivity contribution in [3.05, 3.63) is 28.8 Å². The number of halogens is 1. The molecule has 1 aromatic rings. The topological polar surface area (TPSA) is 78.4 Å². The number of hydrogen-bond acceptors (Lipinski definition) is 2. The number of aromatic carboxylic acids is 1. The molecule has 0 heterocycles. The van der Waals surface area contributed by atoms with Crippen LogP contribution in [0.4, 0.5) is 10.5 Å². The minimum atomic E-state index is -1.18. The van der Waals surface area contributed by atoms with Crippen molar-refractivity contribution >= 4 is 29.3 Å². The summed E-state index contributed by atoms with van der Waals surface area (Å²) in [6, 6.07) is 4.12. The van der Waals surface area contributed by atoms with E-state index in [1.165, 1.54) is 12.1 Å². The van der Waals surface area contributed by atoms with Crippen LogP contribution in [-0.4, -0.2) is 23.1 Å². The molecule has 5 nitrogen and oxygen atoms in total. The van der Waals surface area contributed by atoms with Crippen molar-refractivity contribution in [2.45, 2.75) is 33.2 Å². The van der Waals surface area contributed by atoms with Gasteiger partial charge in [-0.1, -0.05) is 31.5 Å². The van der Waals surface area contributed by atoms with Crippen molar-refractivity contribution in [3.63, 3.8) is 0 Å². The summed E-state index contributed by atoms with van der Waals surface area (Å²) >= 11 is 5.83. The van der Waals surface area contributed by atoms with E-state index in [-0.39, 0.29) is 22.3 Å². The van der Waals surface area contributed by atoms with Gasteiger partial charge in [-0.25, -0.2) is 9.59 Å². The highest BCUT2D eigenvalue weighted by atomic mass is 35.5. The van der Waals surface area contributed by atoms with Crippen LogP contribution in [-0.2, 0) is 0 Å². The first kappa shape index (κ1) is 16.3. The molecule has 0 bridgehead atoms. The highest BCUT2D eigenvalue weighted by Crippen LogP contribution is 2.24. The second kappa shape index (κ2) is 7.14. The molecule has 20 heavy (non-hydrogen) atoms.